The number of nitrogens with two attached hydrogens (primary N) is 1. The van der Waals surface area contributed by atoms with Gasteiger partial charge < -0.3 is 15.8 Å². The van der Waals surface area contributed by atoms with Crippen LogP contribution in [0.3, 0.4) is 0 Å². The Kier molecular flexibility index (Phi) is 6.45. The van der Waals surface area contributed by atoms with Gasteiger partial charge in [0, 0.05) is 25.4 Å². The zero-order valence-electron chi connectivity index (χ0n) is 17.5. The monoisotopic (exact) mass is 421 g/mol. The van der Waals surface area contributed by atoms with Gasteiger partial charge in [-0.2, -0.15) is 0 Å². The maximum Gasteiger partial charge on any atom is 0.275 e. The molecule has 0 radical (unpaired) electrons. The predicted molar refractivity (Wildman–Crippen MR) is 114 cm³/mol. The summed E-state index contributed by atoms with van der Waals surface area (Å²) in [5, 5.41) is 2.75. The van der Waals surface area contributed by atoms with Gasteiger partial charge >= 0.3 is 0 Å². The first-order valence-corrected chi connectivity index (χ1v) is 9.62. The van der Waals surface area contributed by atoms with Gasteiger partial charge in [0.25, 0.3) is 5.91 Å². The third-order valence-corrected chi connectivity index (χ3v) is 4.60. The molecule has 1 aliphatic rings. The first-order chi connectivity index (χ1) is 14.8. The van der Waals surface area contributed by atoms with Crippen molar-refractivity contribution in [2.24, 2.45) is 10.7 Å². The summed E-state index contributed by atoms with van der Waals surface area (Å²) in [7, 11) is 1.57. The minimum absolute atomic E-state index is 0.115. The highest BCUT2D eigenvalue weighted by atomic mass is 16.5. The number of guanidine groups is 1. The Balaban J connectivity index is 1.71. The van der Waals surface area contributed by atoms with Crippen LogP contribution in [0.25, 0.3) is 0 Å². The summed E-state index contributed by atoms with van der Waals surface area (Å²) in [5.74, 6) is 5.50. The van der Waals surface area contributed by atoms with Crippen molar-refractivity contribution in [3.05, 3.63) is 42.1 Å². The molecule has 10 heteroatoms. The second-order valence-corrected chi connectivity index (χ2v) is 6.99. The van der Waals surface area contributed by atoms with E-state index in [1.165, 1.54) is 23.5 Å². The van der Waals surface area contributed by atoms with Gasteiger partial charge in [0.2, 0.25) is 11.8 Å². The SMILES string of the molecule is CCC#CCOc1cnc(C(=O)Nc2ccnc(C3(C)CC(=O)N(C)C(N)=N3)c2)cn1. The van der Waals surface area contributed by atoms with Crippen molar-refractivity contribution < 1.29 is 14.3 Å². The lowest BCUT2D eigenvalue weighted by molar-refractivity contribution is -0.128. The van der Waals surface area contributed by atoms with Crippen LogP contribution in [0.4, 0.5) is 5.69 Å². The molecule has 0 aromatic carbocycles. The van der Waals surface area contributed by atoms with E-state index in [0.29, 0.717) is 11.4 Å². The van der Waals surface area contributed by atoms with Crippen LogP contribution >= 0.6 is 0 Å². The Bertz CT molecular complexity index is 1070. The second-order valence-electron chi connectivity index (χ2n) is 6.99. The van der Waals surface area contributed by atoms with Crippen LogP contribution in [-0.4, -0.2) is 51.3 Å². The standard InChI is InChI=1S/C21H23N7O3/c1-4-5-6-9-31-17-13-24-15(12-25-17)19(30)26-14-7-8-23-16(10-14)21(2)11-18(29)28(3)20(22)27-21/h7-8,10,12-13H,4,9,11H2,1-3H3,(H2,22,27)(H,23,26,30). The summed E-state index contributed by atoms with van der Waals surface area (Å²) in [6.07, 6.45) is 5.08. The molecular weight excluding hydrogens is 398 g/mol. The highest BCUT2D eigenvalue weighted by Gasteiger charge is 2.37. The lowest BCUT2D eigenvalue weighted by Gasteiger charge is -2.32. The van der Waals surface area contributed by atoms with Crippen molar-refractivity contribution in [1.29, 1.82) is 0 Å². The number of ether oxygens (including phenoxy) is 1. The Hall–Kier alpha value is -4.00. The molecule has 0 spiro atoms. The number of rotatable bonds is 5. The Labute approximate surface area is 180 Å². The number of nitrogens with one attached hydrogen (secondary N) is 1. The second kappa shape index (κ2) is 9.21. The largest absolute Gasteiger partial charge is 0.463 e. The molecule has 1 atom stereocenters. The molecule has 1 aliphatic heterocycles. The number of hydrogen-bond donors (Lipinski definition) is 2. The first-order valence-electron chi connectivity index (χ1n) is 9.62. The zero-order chi connectivity index (χ0) is 22.4. The van der Waals surface area contributed by atoms with E-state index in [1.54, 1.807) is 26.1 Å². The van der Waals surface area contributed by atoms with Gasteiger partial charge in [0.15, 0.2) is 12.6 Å². The van der Waals surface area contributed by atoms with Crippen molar-refractivity contribution in [3.8, 4) is 17.7 Å². The van der Waals surface area contributed by atoms with Gasteiger partial charge in [0.1, 0.15) is 11.2 Å². The molecule has 0 fully saturated rings. The fourth-order valence-corrected chi connectivity index (χ4v) is 2.85. The van der Waals surface area contributed by atoms with E-state index in [0.717, 1.165) is 6.42 Å². The van der Waals surface area contributed by atoms with Crippen molar-refractivity contribution in [2.75, 3.05) is 19.0 Å². The van der Waals surface area contributed by atoms with Crippen LogP contribution in [0.2, 0.25) is 0 Å². The van der Waals surface area contributed by atoms with Gasteiger partial charge in [-0.25, -0.2) is 15.0 Å². The van der Waals surface area contributed by atoms with Crippen molar-refractivity contribution in [1.82, 2.24) is 19.9 Å². The molecule has 0 saturated heterocycles. The number of hydrogen-bond acceptors (Lipinski definition) is 8. The summed E-state index contributed by atoms with van der Waals surface area (Å²) in [6.45, 7) is 3.92. The number of aliphatic imine (C=N–C) groups is 1. The molecule has 1 unspecified atom stereocenters. The van der Waals surface area contributed by atoms with E-state index in [-0.39, 0.29) is 36.5 Å². The minimum atomic E-state index is -0.923. The third kappa shape index (κ3) is 5.14. The fraction of sp³-hybridized carbons (Fsp3) is 0.333. The zero-order valence-corrected chi connectivity index (χ0v) is 17.5. The number of carbonyl (C=O) groups excluding carboxylic acids is 2. The van der Waals surface area contributed by atoms with Gasteiger partial charge in [-0.05, 0) is 19.1 Å². The van der Waals surface area contributed by atoms with Crippen LogP contribution < -0.4 is 15.8 Å². The average Bonchev–Trinajstić information content (AvgIpc) is 2.75. The topological polar surface area (TPSA) is 136 Å². The number of aromatic nitrogens is 3. The predicted octanol–water partition coefficient (Wildman–Crippen LogP) is 1.31. The molecule has 2 aromatic rings. The maximum atomic E-state index is 12.5. The smallest absolute Gasteiger partial charge is 0.275 e. The summed E-state index contributed by atoms with van der Waals surface area (Å²) in [4.78, 5) is 42.9. The Morgan fingerprint density at radius 1 is 1.32 bits per heavy atom. The maximum absolute atomic E-state index is 12.5. The van der Waals surface area contributed by atoms with Crippen LogP contribution in [0, 0.1) is 11.8 Å². The number of carbonyl (C=O) groups is 2. The van der Waals surface area contributed by atoms with E-state index < -0.39 is 11.4 Å². The Morgan fingerprint density at radius 3 is 2.81 bits per heavy atom. The van der Waals surface area contributed by atoms with Gasteiger partial charge in [-0.1, -0.05) is 12.8 Å². The number of nitrogens with zero attached hydrogens (tertiary/aromatic N) is 5. The number of amides is 2. The molecule has 10 nitrogen and oxygen atoms in total. The highest BCUT2D eigenvalue weighted by molar-refractivity contribution is 6.02. The molecule has 0 bridgehead atoms. The van der Waals surface area contributed by atoms with Crippen molar-refractivity contribution in [3.63, 3.8) is 0 Å². The summed E-state index contributed by atoms with van der Waals surface area (Å²) in [5.41, 5.74) is 6.05. The molecule has 160 valence electrons. The lowest BCUT2D eigenvalue weighted by Crippen LogP contribution is -2.47. The molecule has 0 aliphatic carbocycles. The number of pyridine rings is 1. The summed E-state index contributed by atoms with van der Waals surface area (Å²) >= 11 is 0. The molecule has 2 aromatic heterocycles. The summed E-state index contributed by atoms with van der Waals surface area (Å²) in [6, 6.07) is 3.29. The third-order valence-electron chi connectivity index (χ3n) is 4.60. The minimum Gasteiger partial charge on any atom is -0.463 e. The molecule has 31 heavy (non-hydrogen) atoms. The van der Waals surface area contributed by atoms with E-state index in [9.17, 15) is 9.59 Å². The average molecular weight is 421 g/mol. The fourth-order valence-electron chi connectivity index (χ4n) is 2.85. The van der Waals surface area contributed by atoms with Crippen LogP contribution in [-0.2, 0) is 10.3 Å². The normalized spacial score (nSPS) is 18.0. The van der Waals surface area contributed by atoms with Crippen LogP contribution in [0.15, 0.2) is 35.7 Å². The Morgan fingerprint density at radius 2 is 2.13 bits per heavy atom. The lowest BCUT2D eigenvalue weighted by atomic mass is 9.91. The van der Waals surface area contributed by atoms with Gasteiger partial charge in [0.05, 0.1) is 24.5 Å². The van der Waals surface area contributed by atoms with Crippen LogP contribution in [0.5, 0.6) is 5.88 Å². The van der Waals surface area contributed by atoms with E-state index in [4.69, 9.17) is 10.5 Å². The molecule has 3 rings (SSSR count). The molecular formula is C21H23N7O3. The number of anilines is 1. The summed E-state index contributed by atoms with van der Waals surface area (Å²) < 4.78 is 5.34. The molecule has 3 N–H and O–H groups in total. The molecule has 2 amide bonds. The molecule has 3 heterocycles. The first kappa shape index (κ1) is 21.7. The van der Waals surface area contributed by atoms with Gasteiger partial charge in [-0.15, -0.1) is 5.92 Å². The van der Waals surface area contributed by atoms with Crippen molar-refractivity contribution >= 4 is 23.5 Å². The van der Waals surface area contributed by atoms with E-state index in [2.05, 4.69) is 37.1 Å². The molecule has 0 saturated carbocycles. The quantitative estimate of drug-likeness (QED) is 0.695. The van der Waals surface area contributed by atoms with E-state index >= 15 is 0 Å². The highest BCUT2D eigenvalue weighted by Crippen LogP contribution is 2.32. The van der Waals surface area contributed by atoms with Crippen molar-refractivity contribution in [2.45, 2.75) is 32.2 Å². The van der Waals surface area contributed by atoms with Crippen LogP contribution in [0.1, 0.15) is 42.9 Å². The van der Waals surface area contributed by atoms with Gasteiger partial charge in [-0.3, -0.25) is 19.5 Å². The van der Waals surface area contributed by atoms with E-state index in [1.807, 2.05) is 6.92 Å².